The lowest BCUT2D eigenvalue weighted by atomic mass is 9.77. The van der Waals surface area contributed by atoms with Crippen LogP contribution in [0.2, 0.25) is 0 Å². The summed E-state index contributed by atoms with van der Waals surface area (Å²) in [4.78, 5) is 0. The van der Waals surface area contributed by atoms with E-state index in [9.17, 15) is 5.11 Å². The van der Waals surface area contributed by atoms with Crippen molar-refractivity contribution in [1.82, 2.24) is 0 Å². The first-order valence-electron chi connectivity index (χ1n) is 6.58. The lowest BCUT2D eigenvalue weighted by molar-refractivity contribution is 0.0566. The summed E-state index contributed by atoms with van der Waals surface area (Å²) in [7, 11) is 0. The molecule has 100 valence electrons. The van der Waals surface area contributed by atoms with Gasteiger partial charge in [0.05, 0.1) is 0 Å². The summed E-state index contributed by atoms with van der Waals surface area (Å²) < 4.78 is 0. The number of benzene rings is 2. The Balaban J connectivity index is 2.70. The zero-order chi connectivity index (χ0) is 14.0. The Morgan fingerprint density at radius 1 is 0.895 bits per heavy atom. The fourth-order valence-corrected chi connectivity index (χ4v) is 2.64. The van der Waals surface area contributed by atoms with Gasteiger partial charge in [0.2, 0.25) is 0 Å². The summed E-state index contributed by atoms with van der Waals surface area (Å²) >= 11 is 0. The number of hydrogen-bond acceptors (Lipinski definition) is 2. The molecule has 0 radical (unpaired) electrons. The van der Waals surface area contributed by atoms with Crippen LogP contribution >= 0.6 is 0 Å². The zero-order valence-corrected chi connectivity index (χ0v) is 11.7. The highest BCUT2D eigenvalue weighted by molar-refractivity contribution is 5.45. The van der Waals surface area contributed by atoms with Crippen molar-refractivity contribution in [2.24, 2.45) is 5.73 Å². The summed E-state index contributed by atoms with van der Waals surface area (Å²) in [6, 6.07) is 15.3. The highest BCUT2D eigenvalue weighted by atomic mass is 16.3. The molecule has 0 saturated carbocycles. The Kier molecular flexibility index (Phi) is 3.74. The maximum absolute atomic E-state index is 11.3. The van der Waals surface area contributed by atoms with Gasteiger partial charge in [0.1, 0.15) is 5.60 Å². The molecule has 0 aromatic heterocycles. The van der Waals surface area contributed by atoms with Gasteiger partial charge in [-0.15, -0.1) is 0 Å². The lowest BCUT2D eigenvalue weighted by Gasteiger charge is -2.35. The third kappa shape index (κ3) is 2.29. The predicted molar refractivity (Wildman–Crippen MR) is 79.0 cm³/mol. The zero-order valence-electron chi connectivity index (χ0n) is 11.7. The molecule has 0 heterocycles. The molecule has 0 bridgehead atoms. The van der Waals surface area contributed by atoms with Crippen molar-refractivity contribution in [2.45, 2.75) is 32.4 Å². The van der Waals surface area contributed by atoms with E-state index in [4.69, 9.17) is 5.73 Å². The Labute approximate surface area is 114 Å². The first-order chi connectivity index (χ1) is 8.98. The molecule has 0 aliphatic heterocycles. The van der Waals surface area contributed by atoms with Gasteiger partial charge in [-0.3, -0.25) is 0 Å². The Morgan fingerprint density at radius 2 is 1.26 bits per heavy atom. The van der Waals surface area contributed by atoms with E-state index in [1.807, 2.05) is 69.3 Å². The van der Waals surface area contributed by atoms with Crippen LogP contribution in [0, 0.1) is 13.8 Å². The third-order valence-electron chi connectivity index (χ3n) is 3.77. The van der Waals surface area contributed by atoms with Crippen molar-refractivity contribution in [1.29, 1.82) is 0 Å². The van der Waals surface area contributed by atoms with E-state index in [0.717, 1.165) is 22.3 Å². The van der Waals surface area contributed by atoms with E-state index < -0.39 is 11.6 Å². The van der Waals surface area contributed by atoms with E-state index in [1.54, 1.807) is 0 Å². The van der Waals surface area contributed by atoms with Crippen LogP contribution in [0.25, 0.3) is 0 Å². The average molecular weight is 255 g/mol. The largest absolute Gasteiger partial charge is 0.379 e. The normalized spacial score (nSPS) is 13.3. The fourth-order valence-electron chi connectivity index (χ4n) is 2.64. The number of aryl methyl sites for hydroxylation is 2. The maximum Gasteiger partial charge on any atom is 0.130 e. The maximum atomic E-state index is 11.3. The standard InChI is InChI=1S/C17H21NO/c1-12-8-4-6-10-15(12)17(19,14(3)18)16-11-7-5-9-13(16)2/h4-11,14,19H,18H2,1-3H3. The Morgan fingerprint density at radius 3 is 1.58 bits per heavy atom. The molecular formula is C17H21NO. The monoisotopic (exact) mass is 255 g/mol. The summed E-state index contributed by atoms with van der Waals surface area (Å²) in [6.07, 6.45) is 0. The highest BCUT2D eigenvalue weighted by Gasteiger charge is 2.37. The molecule has 0 aliphatic rings. The van der Waals surface area contributed by atoms with E-state index in [0.29, 0.717) is 0 Å². The predicted octanol–water partition coefficient (Wildman–Crippen LogP) is 2.89. The molecular weight excluding hydrogens is 234 g/mol. The van der Waals surface area contributed by atoms with Gasteiger partial charge in [-0.05, 0) is 43.0 Å². The van der Waals surface area contributed by atoms with Crippen LogP contribution in [-0.2, 0) is 5.60 Å². The van der Waals surface area contributed by atoms with Crippen molar-refractivity contribution in [3.05, 3.63) is 70.8 Å². The number of nitrogens with two attached hydrogens (primary N) is 1. The van der Waals surface area contributed by atoms with Crippen LogP contribution < -0.4 is 5.73 Å². The smallest absolute Gasteiger partial charge is 0.130 e. The van der Waals surface area contributed by atoms with Crippen LogP contribution in [-0.4, -0.2) is 11.1 Å². The first-order valence-corrected chi connectivity index (χ1v) is 6.58. The number of rotatable bonds is 3. The van der Waals surface area contributed by atoms with E-state index in [-0.39, 0.29) is 0 Å². The molecule has 2 heteroatoms. The highest BCUT2D eigenvalue weighted by Crippen LogP contribution is 2.35. The molecule has 3 N–H and O–H groups in total. The second-order valence-corrected chi connectivity index (χ2v) is 5.18. The van der Waals surface area contributed by atoms with Gasteiger partial charge in [0.25, 0.3) is 0 Å². The van der Waals surface area contributed by atoms with Crippen molar-refractivity contribution >= 4 is 0 Å². The van der Waals surface area contributed by atoms with Crippen LogP contribution in [0.5, 0.6) is 0 Å². The molecule has 2 aromatic rings. The molecule has 1 unspecified atom stereocenters. The minimum Gasteiger partial charge on any atom is -0.379 e. The number of hydrogen-bond donors (Lipinski definition) is 2. The summed E-state index contributed by atoms with van der Waals surface area (Å²) in [5.74, 6) is 0. The van der Waals surface area contributed by atoms with Crippen molar-refractivity contribution in [3.8, 4) is 0 Å². The molecule has 0 fully saturated rings. The van der Waals surface area contributed by atoms with Crippen molar-refractivity contribution in [2.75, 3.05) is 0 Å². The van der Waals surface area contributed by atoms with E-state index >= 15 is 0 Å². The molecule has 19 heavy (non-hydrogen) atoms. The Bertz CT molecular complexity index is 529. The third-order valence-corrected chi connectivity index (χ3v) is 3.77. The van der Waals surface area contributed by atoms with Crippen molar-refractivity contribution < 1.29 is 5.11 Å². The molecule has 0 aliphatic carbocycles. The van der Waals surface area contributed by atoms with Crippen LogP contribution in [0.3, 0.4) is 0 Å². The second-order valence-electron chi connectivity index (χ2n) is 5.18. The SMILES string of the molecule is Cc1ccccc1C(O)(c1ccccc1C)C(C)N. The molecule has 0 spiro atoms. The van der Waals surface area contributed by atoms with Gasteiger partial charge in [0.15, 0.2) is 0 Å². The first kappa shape index (κ1) is 13.8. The van der Waals surface area contributed by atoms with Gasteiger partial charge in [0, 0.05) is 6.04 Å². The van der Waals surface area contributed by atoms with Crippen LogP contribution in [0.15, 0.2) is 48.5 Å². The molecule has 2 aromatic carbocycles. The van der Waals surface area contributed by atoms with E-state index in [2.05, 4.69) is 0 Å². The van der Waals surface area contributed by atoms with Crippen molar-refractivity contribution in [3.63, 3.8) is 0 Å². The molecule has 0 saturated heterocycles. The van der Waals surface area contributed by atoms with Gasteiger partial charge in [-0.2, -0.15) is 0 Å². The topological polar surface area (TPSA) is 46.2 Å². The minimum absolute atomic E-state index is 0.394. The molecule has 0 amide bonds. The van der Waals surface area contributed by atoms with Crippen LogP contribution in [0.1, 0.15) is 29.2 Å². The summed E-state index contributed by atoms with van der Waals surface area (Å²) in [6.45, 7) is 5.85. The quantitative estimate of drug-likeness (QED) is 0.886. The molecule has 2 rings (SSSR count). The Hall–Kier alpha value is -1.64. The van der Waals surface area contributed by atoms with Gasteiger partial charge >= 0.3 is 0 Å². The molecule has 2 nitrogen and oxygen atoms in total. The summed E-state index contributed by atoms with van der Waals surface area (Å²) in [5, 5.41) is 11.3. The average Bonchev–Trinajstić information content (AvgIpc) is 2.38. The van der Waals surface area contributed by atoms with Crippen LogP contribution in [0.4, 0.5) is 0 Å². The molecule has 1 atom stereocenters. The van der Waals surface area contributed by atoms with Gasteiger partial charge in [-0.1, -0.05) is 48.5 Å². The second kappa shape index (κ2) is 5.16. The van der Waals surface area contributed by atoms with E-state index in [1.165, 1.54) is 0 Å². The van der Waals surface area contributed by atoms with Gasteiger partial charge < -0.3 is 10.8 Å². The lowest BCUT2D eigenvalue weighted by Crippen LogP contribution is -2.45. The minimum atomic E-state index is -1.16. The van der Waals surface area contributed by atoms with Gasteiger partial charge in [-0.25, -0.2) is 0 Å². The number of aliphatic hydroxyl groups is 1. The fraction of sp³-hybridized carbons (Fsp3) is 0.294. The summed E-state index contributed by atoms with van der Waals surface area (Å²) in [5.41, 5.74) is 8.81.